The maximum atomic E-state index is 13.1. The van der Waals surface area contributed by atoms with Gasteiger partial charge in [-0.3, -0.25) is 0 Å². The topological polar surface area (TPSA) is 53.1 Å². The van der Waals surface area contributed by atoms with Gasteiger partial charge in [0, 0.05) is 18.2 Å². The Morgan fingerprint density at radius 2 is 2.21 bits per heavy atom. The van der Waals surface area contributed by atoms with Gasteiger partial charge in [-0.2, -0.15) is 0 Å². The number of imidazole rings is 1. The van der Waals surface area contributed by atoms with Gasteiger partial charge in [-0.05, 0) is 32.0 Å². The molecule has 0 aliphatic carbocycles. The van der Waals surface area contributed by atoms with E-state index in [4.69, 9.17) is 10.5 Å². The van der Waals surface area contributed by atoms with Crippen LogP contribution in [0, 0.1) is 5.82 Å². The van der Waals surface area contributed by atoms with Gasteiger partial charge in [0.25, 0.3) is 0 Å². The van der Waals surface area contributed by atoms with E-state index in [1.807, 2.05) is 4.57 Å². The fourth-order valence-electron chi connectivity index (χ4n) is 1.91. The molecule has 0 bridgehead atoms. The number of aromatic nitrogens is 2. The van der Waals surface area contributed by atoms with E-state index in [-0.39, 0.29) is 12.4 Å². The molecule has 5 heteroatoms. The number of halogens is 1. The molecule has 1 heterocycles. The summed E-state index contributed by atoms with van der Waals surface area (Å²) in [5.41, 5.74) is 7.22. The van der Waals surface area contributed by atoms with Crippen molar-refractivity contribution >= 4 is 0 Å². The first-order valence-electron chi connectivity index (χ1n) is 6.23. The molecule has 102 valence electrons. The van der Waals surface area contributed by atoms with Crippen molar-refractivity contribution in [3.05, 3.63) is 47.8 Å². The number of benzene rings is 1. The lowest BCUT2D eigenvalue weighted by Crippen LogP contribution is -2.08. The number of ether oxygens (including phenoxy) is 1. The molecule has 2 aromatic rings. The zero-order valence-corrected chi connectivity index (χ0v) is 11.1. The third-order valence-corrected chi connectivity index (χ3v) is 2.92. The summed E-state index contributed by atoms with van der Waals surface area (Å²) in [6.45, 7) is 4.79. The lowest BCUT2D eigenvalue weighted by atomic mass is 10.2. The number of hydrogen-bond acceptors (Lipinski definition) is 3. The highest BCUT2D eigenvalue weighted by molar-refractivity contribution is 5.33. The van der Waals surface area contributed by atoms with Gasteiger partial charge in [-0.15, -0.1) is 0 Å². The van der Waals surface area contributed by atoms with Crippen LogP contribution in [0.15, 0.2) is 30.7 Å². The third-order valence-electron chi connectivity index (χ3n) is 2.92. The molecule has 1 aromatic carbocycles. The molecule has 0 saturated heterocycles. The van der Waals surface area contributed by atoms with Crippen molar-refractivity contribution in [1.29, 1.82) is 0 Å². The average Bonchev–Trinajstić information content (AvgIpc) is 2.85. The summed E-state index contributed by atoms with van der Waals surface area (Å²) in [5.74, 6) is 0.306. The second-order valence-electron chi connectivity index (χ2n) is 4.63. The molecule has 19 heavy (non-hydrogen) atoms. The van der Waals surface area contributed by atoms with E-state index in [0.29, 0.717) is 24.0 Å². The van der Waals surface area contributed by atoms with Crippen molar-refractivity contribution in [3.8, 4) is 5.75 Å². The van der Waals surface area contributed by atoms with E-state index in [2.05, 4.69) is 18.8 Å². The van der Waals surface area contributed by atoms with Crippen molar-refractivity contribution < 1.29 is 9.13 Å². The second-order valence-corrected chi connectivity index (χ2v) is 4.63. The fraction of sp³-hybridized carbons (Fsp3) is 0.357. The normalized spacial score (nSPS) is 11.0. The van der Waals surface area contributed by atoms with Crippen molar-refractivity contribution in [2.75, 3.05) is 0 Å². The van der Waals surface area contributed by atoms with Crippen LogP contribution >= 0.6 is 0 Å². The lowest BCUT2D eigenvalue weighted by Gasteiger charge is -2.14. The van der Waals surface area contributed by atoms with Gasteiger partial charge in [-0.25, -0.2) is 9.37 Å². The standard InChI is InChI=1S/C14H18FN3O/c1-10(2)18-9-17-7-13(18)8-19-14-4-3-12(15)5-11(14)6-16/h3-5,7,9-10H,6,8,16H2,1-2H3. The van der Waals surface area contributed by atoms with Gasteiger partial charge >= 0.3 is 0 Å². The molecule has 2 N–H and O–H groups in total. The van der Waals surface area contributed by atoms with Crippen LogP contribution in [0.1, 0.15) is 31.1 Å². The Hall–Kier alpha value is -1.88. The largest absolute Gasteiger partial charge is 0.487 e. The summed E-state index contributed by atoms with van der Waals surface area (Å²) in [4.78, 5) is 4.11. The molecule has 0 spiro atoms. The minimum Gasteiger partial charge on any atom is -0.487 e. The molecule has 0 fully saturated rings. The molecular formula is C14H18FN3O. The Kier molecular flexibility index (Phi) is 4.16. The number of nitrogens with two attached hydrogens (primary N) is 1. The van der Waals surface area contributed by atoms with Crippen molar-refractivity contribution in [3.63, 3.8) is 0 Å². The Labute approximate surface area is 112 Å². The van der Waals surface area contributed by atoms with Crippen LogP contribution in [-0.2, 0) is 13.2 Å². The van der Waals surface area contributed by atoms with Crippen molar-refractivity contribution in [2.45, 2.75) is 33.0 Å². The Balaban J connectivity index is 2.12. The van der Waals surface area contributed by atoms with Gasteiger partial charge < -0.3 is 15.0 Å². The summed E-state index contributed by atoms with van der Waals surface area (Å²) in [5, 5.41) is 0. The first-order valence-corrected chi connectivity index (χ1v) is 6.23. The van der Waals surface area contributed by atoms with E-state index in [9.17, 15) is 4.39 Å². The quantitative estimate of drug-likeness (QED) is 0.902. The molecule has 2 rings (SSSR count). The van der Waals surface area contributed by atoms with Crippen molar-refractivity contribution in [1.82, 2.24) is 9.55 Å². The Bertz CT molecular complexity index is 551. The maximum Gasteiger partial charge on any atom is 0.130 e. The highest BCUT2D eigenvalue weighted by Gasteiger charge is 2.08. The lowest BCUT2D eigenvalue weighted by molar-refractivity contribution is 0.288. The first kappa shape index (κ1) is 13.5. The fourth-order valence-corrected chi connectivity index (χ4v) is 1.91. The average molecular weight is 263 g/mol. The molecular weight excluding hydrogens is 245 g/mol. The van der Waals surface area contributed by atoms with E-state index in [0.717, 1.165) is 5.69 Å². The Morgan fingerprint density at radius 3 is 2.89 bits per heavy atom. The number of rotatable bonds is 5. The van der Waals surface area contributed by atoms with E-state index >= 15 is 0 Å². The molecule has 0 radical (unpaired) electrons. The van der Waals surface area contributed by atoms with Crippen LogP contribution < -0.4 is 10.5 Å². The summed E-state index contributed by atoms with van der Waals surface area (Å²) in [7, 11) is 0. The minimum absolute atomic E-state index is 0.247. The zero-order chi connectivity index (χ0) is 13.8. The molecule has 0 aliphatic rings. The number of nitrogens with zero attached hydrogens (tertiary/aromatic N) is 2. The maximum absolute atomic E-state index is 13.1. The molecule has 0 saturated carbocycles. The highest BCUT2D eigenvalue weighted by Crippen LogP contribution is 2.21. The first-order chi connectivity index (χ1) is 9.11. The summed E-state index contributed by atoms with van der Waals surface area (Å²) in [6, 6.07) is 4.69. The summed E-state index contributed by atoms with van der Waals surface area (Å²) >= 11 is 0. The highest BCUT2D eigenvalue weighted by atomic mass is 19.1. The van der Waals surface area contributed by atoms with Gasteiger partial charge in [0.15, 0.2) is 0 Å². The van der Waals surface area contributed by atoms with Gasteiger partial charge in [0.05, 0.1) is 18.2 Å². The predicted octanol–water partition coefficient (Wildman–Crippen LogP) is 2.64. The van der Waals surface area contributed by atoms with Crippen LogP contribution in [0.3, 0.4) is 0 Å². The molecule has 0 amide bonds. The van der Waals surface area contributed by atoms with Crippen LogP contribution in [0.4, 0.5) is 4.39 Å². The summed E-state index contributed by atoms with van der Waals surface area (Å²) < 4.78 is 20.8. The van der Waals surface area contributed by atoms with E-state index in [1.165, 1.54) is 12.1 Å². The van der Waals surface area contributed by atoms with Crippen molar-refractivity contribution in [2.24, 2.45) is 5.73 Å². The third kappa shape index (κ3) is 3.12. The minimum atomic E-state index is -0.306. The molecule has 0 aliphatic heterocycles. The number of hydrogen-bond donors (Lipinski definition) is 1. The van der Waals surface area contributed by atoms with Gasteiger partial charge in [0.2, 0.25) is 0 Å². The zero-order valence-electron chi connectivity index (χ0n) is 11.1. The van der Waals surface area contributed by atoms with Crippen LogP contribution in [-0.4, -0.2) is 9.55 Å². The molecule has 0 unspecified atom stereocenters. The SMILES string of the molecule is CC(C)n1cncc1COc1ccc(F)cc1CN. The van der Waals surface area contributed by atoms with Gasteiger partial charge in [0.1, 0.15) is 18.2 Å². The van der Waals surface area contributed by atoms with Gasteiger partial charge in [-0.1, -0.05) is 0 Å². The van der Waals surface area contributed by atoms with Crippen LogP contribution in [0.25, 0.3) is 0 Å². The predicted molar refractivity (Wildman–Crippen MR) is 71.2 cm³/mol. The second kappa shape index (κ2) is 5.84. The summed E-state index contributed by atoms with van der Waals surface area (Å²) in [6.07, 6.45) is 3.55. The molecule has 1 aromatic heterocycles. The van der Waals surface area contributed by atoms with E-state index < -0.39 is 0 Å². The molecule has 0 atom stereocenters. The smallest absolute Gasteiger partial charge is 0.130 e. The monoisotopic (exact) mass is 263 g/mol. The van der Waals surface area contributed by atoms with Crippen LogP contribution in [0.2, 0.25) is 0 Å². The molecule has 4 nitrogen and oxygen atoms in total. The van der Waals surface area contributed by atoms with E-state index in [1.54, 1.807) is 18.6 Å². The Morgan fingerprint density at radius 1 is 1.42 bits per heavy atom. The van der Waals surface area contributed by atoms with Crippen LogP contribution in [0.5, 0.6) is 5.75 Å².